The third kappa shape index (κ3) is 2.93. The molecule has 1 saturated carbocycles. The van der Waals surface area contributed by atoms with E-state index in [0.717, 1.165) is 65.6 Å². The van der Waals surface area contributed by atoms with E-state index in [1.54, 1.807) is 6.07 Å². The van der Waals surface area contributed by atoms with Crippen LogP contribution in [0.2, 0.25) is 0 Å². The standard InChI is InChI=1S/C34H33N3O3/c38-25-14-13-23-17-26-34(39)18-24-28(21-7-3-1-4-8-21)35-32(22-9-5-2-6-10-22)36-29(24)31-33(34,27(23)30(25)40-31)15-16-37(26)19-20-11-12-20/h1-10,13-14,20,26,28,31,38-39H,11-12,15-19H2,(H,35,36)/t26-,28?,31-,33-,34+/m0/s1. The number of aliphatic hydroxyl groups is 1. The van der Waals surface area contributed by atoms with Gasteiger partial charge in [0.05, 0.1) is 16.7 Å². The van der Waals surface area contributed by atoms with Crippen LogP contribution < -0.4 is 10.1 Å². The van der Waals surface area contributed by atoms with Crippen molar-refractivity contribution in [1.29, 1.82) is 0 Å². The summed E-state index contributed by atoms with van der Waals surface area (Å²) in [5.74, 6) is 2.29. The maximum atomic E-state index is 13.2. The number of piperidine rings is 1. The van der Waals surface area contributed by atoms with E-state index < -0.39 is 17.1 Å². The summed E-state index contributed by atoms with van der Waals surface area (Å²) in [7, 11) is 0. The molecule has 2 fully saturated rings. The molecule has 6 aliphatic rings. The number of aromatic hydroxyl groups is 1. The van der Waals surface area contributed by atoms with E-state index in [1.807, 2.05) is 24.3 Å². The number of hydrogen-bond donors (Lipinski definition) is 3. The van der Waals surface area contributed by atoms with Crippen LogP contribution in [0.15, 0.2) is 89.1 Å². The summed E-state index contributed by atoms with van der Waals surface area (Å²) < 4.78 is 6.84. The Labute approximate surface area is 234 Å². The lowest BCUT2D eigenvalue weighted by Gasteiger charge is -2.64. The first kappa shape index (κ1) is 23.1. The SMILES string of the molecule is Oc1ccc2c3c1O[C@H]1C4=C(C[C@@]5(O)[C@H](C2)N(CC2CC2)CC[C@]315)C(c1ccccc1)N=C(c1ccccc1)N4. The highest BCUT2D eigenvalue weighted by atomic mass is 16.5. The van der Waals surface area contributed by atoms with Crippen molar-refractivity contribution in [3.05, 3.63) is 106 Å². The van der Waals surface area contributed by atoms with Gasteiger partial charge in [-0.05, 0) is 60.9 Å². The molecule has 3 aromatic rings. The Bertz CT molecular complexity index is 1600. The molecule has 202 valence electrons. The first-order chi connectivity index (χ1) is 19.6. The molecular weight excluding hydrogens is 498 g/mol. The molecule has 5 atom stereocenters. The summed E-state index contributed by atoms with van der Waals surface area (Å²) in [5, 5.41) is 28.0. The van der Waals surface area contributed by atoms with Crippen molar-refractivity contribution in [2.75, 3.05) is 13.1 Å². The van der Waals surface area contributed by atoms with Crippen molar-refractivity contribution in [3.8, 4) is 11.5 Å². The Morgan fingerprint density at radius 1 is 1.00 bits per heavy atom. The number of phenolic OH excluding ortho intramolecular Hbond substituents is 1. The summed E-state index contributed by atoms with van der Waals surface area (Å²) >= 11 is 0. The van der Waals surface area contributed by atoms with Crippen molar-refractivity contribution in [2.45, 2.75) is 61.3 Å². The van der Waals surface area contributed by atoms with Crippen molar-refractivity contribution < 1.29 is 14.9 Å². The molecule has 40 heavy (non-hydrogen) atoms. The van der Waals surface area contributed by atoms with Crippen molar-refractivity contribution >= 4 is 5.84 Å². The number of aliphatic imine (C=N–C) groups is 1. The number of nitrogens with one attached hydrogen (secondary N) is 1. The maximum absolute atomic E-state index is 13.2. The second-order valence-electron chi connectivity index (χ2n) is 12.6. The summed E-state index contributed by atoms with van der Waals surface area (Å²) in [6.07, 6.45) is 4.26. The first-order valence-corrected chi connectivity index (χ1v) is 14.7. The molecule has 0 aromatic heterocycles. The highest BCUT2D eigenvalue weighted by molar-refractivity contribution is 6.01. The number of likely N-dealkylation sites (tertiary alicyclic amines) is 1. The molecule has 3 aliphatic heterocycles. The van der Waals surface area contributed by atoms with Gasteiger partial charge in [0.25, 0.3) is 0 Å². The predicted molar refractivity (Wildman–Crippen MR) is 152 cm³/mol. The molecule has 6 nitrogen and oxygen atoms in total. The topological polar surface area (TPSA) is 77.3 Å². The van der Waals surface area contributed by atoms with Crippen molar-refractivity contribution in [3.63, 3.8) is 0 Å². The molecule has 1 unspecified atom stereocenters. The van der Waals surface area contributed by atoms with Gasteiger partial charge in [-0.2, -0.15) is 0 Å². The average molecular weight is 532 g/mol. The third-order valence-corrected chi connectivity index (χ3v) is 10.6. The highest BCUT2D eigenvalue weighted by Gasteiger charge is 2.73. The fraction of sp³-hybridized carbons (Fsp3) is 0.382. The zero-order valence-electron chi connectivity index (χ0n) is 22.4. The van der Waals surface area contributed by atoms with E-state index >= 15 is 0 Å². The minimum absolute atomic E-state index is 0.000848. The summed E-state index contributed by atoms with van der Waals surface area (Å²) in [6.45, 7) is 1.99. The van der Waals surface area contributed by atoms with E-state index in [0.29, 0.717) is 12.2 Å². The predicted octanol–water partition coefficient (Wildman–Crippen LogP) is 4.61. The number of benzene rings is 3. The second kappa shape index (κ2) is 7.99. The molecule has 3 N–H and O–H groups in total. The molecule has 3 aromatic carbocycles. The molecule has 0 radical (unpaired) electrons. The van der Waals surface area contributed by atoms with Gasteiger partial charge in [-0.3, -0.25) is 9.89 Å². The number of hydrogen-bond acceptors (Lipinski definition) is 6. The number of nitrogens with zero attached hydrogens (tertiary/aromatic N) is 2. The van der Waals surface area contributed by atoms with Gasteiger partial charge in [0.15, 0.2) is 17.6 Å². The number of rotatable bonds is 4. The van der Waals surface area contributed by atoms with E-state index in [-0.39, 0.29) is 17.8 Å². The van der Waals surface area contributed by atoms with Crippen LogP contribution in [0.4, 0.5) is 0 Å². The normalized spacial score (nSPS) is 33.4. The van der Waals surface area contributed by atoms with Gasteiger partial charge in [-0.25, -0.2) is 0 Å². The quantitative estimate of drug-likeness (QED) is 0.458. The van der Waals surface area contributed by atoms with Gasteiger partial charge in [0, 0.05) is 30.1 Å². The number of ether oxygens (including phenoxy) is 1. The maximum Gasteiger partial charge on any atom is 0.166 e. The van der Waals surface area contributed by atoms with Gasteiger partial charge in [-0.15, -0.1) is 0 Å². The van der Waals surface area contributed by atoms with E-state index in [4.69, 9.17) is 9.73 Å². The van der Waals surface area contributed by atoms with E-state index in [1.165, 1.54) is 18.4 Å². The minimum atomic E-state index is -1.02. The van der Waals surface area contributed by atoms with Gasteiger partial charge in [-0.1, -0.05) is 66.7 Å². The molecule has 3 heterocycles. The molecule has 0 amide bonds. The zero-order chi connectivity index (χ0) is 26.6. The number of fused-ring (bicyclic) bond motifs is 1. The smallest absolute Gasteiger partial charge is 0.166 e. The second-order valence-corrected chi connectivity index (χ2v) is 12.6. The summed E-state index contributed by atoms with van der Waals surface area (Å²) in [6, 6.07) is 24.3. The monoisotopic (exact) mass is 531 g/mol. The molecule has 1 spiro atoms. The van der Waals surface area contributed by atoms with E-state index in [2.05, 4.69) is 52.7 Å². The van der Waals surface area contributed by atoms with Crippen LogP contribution in [0.5, 0.6) is 11.5 Å². The Morgan fingerprint density at radius 3 is 2.55 bits per heavy atom. The molecular formula is C34H33N3O3. The van der Waals surface area contributed by atoms with Crippen LogP contribution in [0.3, 0.4) is 0 Å². The molecule has 2 bridgehead atoms. The molecule has 1 saturated heterocycles. The fourth-order valence-electron chi connectivity index (χ4n) is 8.63. The van der Waals surface area contributed by atoms with Gasteiger partial charge >= 0.3 is 0 Å². The highest BCUT2D eigenvalue weighted by Crippen LogP contribution is 2.67. The Kier molecular flexibility index (Phi) is 4.62. The van der Waals surface area contributed by atoms with Gasteiger partial charge < -0.3 is 20.3 Å². The lowest BCUT2D eigenvalue weighted by Crippen LogP contribution is -2.76. The number of phenols is 1. The van der Waals surface area contributed by atoms with Crippen LogP contribution in [0.25, 0.3) is 0 Å². The summed E-state index contributed by atoms with van der Waals surface area (Å²) in [4.78, 5) is 7.86. The fourth-order valence-corrected chi connectivity index (χ4v) is 8.63. The van der Waals surface area contributed by atoms with Gasteiger partial charge in [0.2, 0.25) is 0 Å². The Hall–Kier alpha value is -3.61. The van der Waals surface area contributed by atoms with Gasteiger partial charge in [0.1, 0.15) is 11.9 Å². The lowest BCUT2D eigenvalue weighted by molar-refractivity contribution is -0.167. The van der Waals surface area contributed by atoms with Crippen molar-refractivity contribution in [2.24, 2.45) is 10.9 Å². The first-order valence-electron chi connectivity index (χ1n) is 14.7. The summed E-state index contributed by atoms with van der Waals surface area (Å²) in [5.41, 5.74) is 4.84. The van der Waals surface area contributed by atoms with Crippen LogP contribution in [-0.4, -0.2) is 51.8 Å². The van der Waals surface area contributed by atoms with Crippen LogP contribution in [0.1, 0.15) is 54.0 Å². The molecule has 9 rings (SSSR count). The average Bonchev–Trinajstić information content (AvgIpc) is 3.73. The number of amidine groups is 1. The third-order valence-electron chi connectivity index (χ3n) is 10.6. The largest absolute Gasteiger partial charge is 0.504 e. The molecule has 3 aliphatic carbocycles. The van der Waals surface area contributed by atoms with Crippen LogP contribution >= 0.6 is 0 Å². The minimum Gasteiger partial charge on any atom is -0.504 e. The van der Waals surface area contributed by atoms with Crippen LogP contribution in [-0.2, 0) is 11.8 Å². The lowest BCUT2D eigenvalue weighted by atomic mass is 9.48. The van der Waals surface area contributed by atoms with Crippen molar-refractivity contribution in [1.82, 2.24) is 10.2 Å². The van der Waals surface area contributed by atoms with Crippen LogP contribution in [0, 0.1) is 5.92 Å². The zero-order valence-corrected chi connectivity index (χ0v) is 22.4. The Balaban J connectivity index is 1.26. The van der Waals surface area contributed by atoms with E-state index in [9.17, 15) is 10.2 Å². The molecule has 6 heteroatoms. The Morgan fingerprint density at radius 2 is 1.77 bits per heavy atom.